The summed E-state index contributed by atoms with van der Waals surface area (Å²) < 4.78 is 11.0. The number of nitrogens with two attached hydrogens (primary N) is 1. The Bertz CT molecular complexity index is 629. The van der Waals surface area contributed by atoms with E-state index in [-0.39, 0.29) is 12.6 Å². The van der Waals surface area contributed by atoms with Crippen LogP contribution < -0.4 is 15.2 Å². The van der Waals surface area contributed by atoms with E-state index in [4.69, 9.17) is 31.9 Å². The van der Waals surface area contributed by atoms with Gasteiger partial charge in [-0.1, -0.05) is 23.7 Å². The van der Waals surface area contributed by atoms with Crippen LogP contribution in [0.15, 0.2) is 36.4 Å². The second kappa shape index (κ2) is 6.80. The SMILES string of the molecule is COc1cc(CO)ccc1Oc1ccc([C@H](C)N)cc1Cl. The molecule has 0 heterocycles. The third-order valence-electron chi connectivity index (χ3n) is 3.11. The molecular weight excluding hydrogens is 290 g/mol. The maximum absolute atomic E-state index is 9.14. The normalized spacial score (nSPS) is 12.0. The van der Waals surface area contributed by atoms with Crippen LogP contribution >= 0.6 is 11.6 Å². The van der Waals surface area contributed by atoms with Crippen molar-refractivity contribution in [1.29, 1.82) is 0 Å². The Labute approximate surface area is 129 Å². The molecule has 2 aromatic rings. The zero-order valence-electron chi connectivity index (χ0n) is 12.0. The molecular formula is C16H18ClNO3. The van der Waals surface area contributed by atoms with Gasteiger partial charge in [0.2, 0.25) is 0 Å². The van der Waals surface area contributed by atoms with Crippen molar-refractivity contribution in [2.45, 2.75) is 19.6 Å². The number of hydrogen-bond donors (Lipinski definition) is 2. The van der Waals surface area contributed by atoms with E-state index in [1.807, 2.05) is 13.0 Å². The fourth-order valence-corrected chi connectivity index (χ4v) is 2.12. The number of hydrogen-bond acceptors (Lipinski definition) is 4. The topological polar surface area (TPSA) is 64.7 Å². The zero-order chi connectivity index (χ0) is 15.4. The molecule has 0 aromatic heterocycles. The number of benzene rings is 2. The predicted octanol–water partition coefficient (Wildman–Crippen LogP) is 3.65. The summed E-state index contributed by atoms with van der Waals surface area (Å²) in [6.45, 7) is 1.84. The van der Waals surface area contributed by atoms with E-state index < -0.39 is 0 Å². The molecule has 1 atom stereocenters. The van der Waals surface area contributed by atoms with Gasteiger partial charge in [0.15, 0.2) is 11.5 Å². The lowest BCUT2D eigenvalue weighted by Crippen LogP contribution is -2.04. The predicted molar refractivity (Wildman–Crippen MR) is 83.0 cm³/mol. The van der Waals surface area contributed by atoms with Crippen LogP contribution in [-0.4, -0.2) is 12.2 Å². The molecule has 0 saturated carbocycles. The molecule has 0 radical (unpaired) electrons. The Hall–Kier alpha value is -1.75. The van der Waals surface area contributed by atoms with Crippen molar-refractivity contribution in [3.8, 4) is 17.2 Å². The van der Waals surface area contributed by atoms with Crippen LogP contribution in [0.4, 0.5) is 0 Å². The Morgan fingerprint density at radius 2 is 1.86 bits per heavy atom. The van der Waals surface area contributed by atoms with Crippen molar-refractivity contribution in [3.05, 3.63) is 52.5 Å². The van der Waals surface area contributed by atoms with Crippen LogP contribution in [-0.2, 0) is 6.61 Å². The summed E-state index contributed by atoms with van der Waals surface area (Å²) in [5.41, 5.74) is 7.51. The highest BCUT2D eigenvalue weighted by atomic mass is 35.5. The Balaban J connectivity index is 2.29. The van der Waals surface area contributed by atoms with Crippen LogP contribution in [0.1, 0.15) is 24.1 Å². The summed E-state index contributed by atoms with van der Waals surface area (Å²) >= 11 is 6.22. The highest BCUT2D eigenvalue weighted by Gasteiger charge is 2.11. The number of halogens is 1. The summed E-state index contributed by atoms with van der Waals surface area (Å²) in [6.07, 6.45) is 0. The van der Waals surface area contributed by atoms with Gasteiger partial charge in [0.05, 0.1) is 18.7 Å². The lowest BCUT2D eigenvalue weighted by atomic mass is 10.1. The molecule has 0 aliphatic rings. The van der Waals surface area contributed by atoms with Gasteiger partial charge >= 0.3 is 0 Å². The molecule has 2 rings (SSSR count). The molecule has 4 nitrogen and oxygen atoms in total. The lowest BCUT2D eigenvalue weighted by Gasteiger charge is -2.14. The first kappa shape index (κ1) is 15.6. The fraction of sp³-hybridized carbons (Fsp3) is 0.250. The lowest BCUT2D eigenvalue weighted by molar-refractivity contribution is 0.280. The van der Waals surface area contributed by atoms with Gasteiger partial charge in [-0.25, -0.2) is 0 Å². The van der Waals surface area contributed by atoms with Crippen molar-refractivity contribution < 1.29 is 14.6 Å². The minimum Gasteiger partial charge on any atom is -0.493 e. The standard InChI is InChI=1S/C16H18ClNO3/c1-10(18)12-4-6-14(13(17)8-12)21-15-5-3-11(9-19)7-16(15)20-2/h3-8,10,19H,9,18H2,1-2H3/t10-/m0/s1. The van der Waals surface area contributed by atoms with Crippen LogP contribution in [0.25, 0.3) is 0 Å². The van der Waals surface area contributed by atoms with E-state index in [0.717, 1.165) is 11.1 Å². The van der Waals surface area contributed by atoms with Gasteiger partial charge < -0.3 is 20.3 Å². The molecule has 0 spiro atoms. The van der Waals surface area contributed by atoms with Gasteiger partial charge in [0.1, 0.15) is 5.75 Å². The Morgan fingerprint density at radius 1 is 1.14 bits per heavy atom. The number of rotatable bonds is 5. The molecule has 0 aliphatic carbocycles. The average molecular weight is 308 g/mol. The molecule has 5 heteroatoms. The van der Waals surface area contributed by atoms with Gasteiger partial charge in [0, 0.05) is 6.04 Å². The quantitative estimate of drug-likeness (QED) is 0.885. The van der Waals surface area contributed by atoms with Gasteiger partial charge in [-0.05, 0) is 42.3 Å². The third-order valence-corrected chi connectivity index (χ3v) is 3.41. The third kappa shape index (κ3) is 3.67. The molecule has 0 amide bonds. The van der Waals surface area contributed by atoms with E-state index in [2.05, 4.69) is 0 Å². The van der Waals surface area contributed by atoms with Crippen molar-refractivity contribution in [3.63, 3.8) is 0 Å². The van der Waals surface area contributed by atoms with E-state index in [1.165, 1.54) is 0 Å². The maximum atomic E-state index is 9.14. The molecule has 0 saturated heterocycles. The molecule has 0 bridgehead atoms. The maximum Gasteiger partial charge on any atom is 0.169 e. The number of aliphatic hydroxyl groups is 1. The van der Waals surface area contributed by atoms with Gasteiger partial charge in [-0.15, -0.1) is 0 Å². The first-order chi connectivity index (χ1) is 10.0. The van der Waals surface area contributed by atoms with Crippen molar-refractivity contribution >= 4 is 11.6 Å². The minimum atomic E-state index is -0.0880. The highest BCUT2D eigenvalue weighted by Crippen LogP contribution is 2.36. The molecule has 0 aliphatic heterocycles. The Morgan fingerprint density at radius 3 is 2.43 bits per heavy atom. The number of methoxy groups -OCH3 is 1. The average Bonchev–Trinajstić information content (AvgIpc) is 2.49. The van der Waals surface area contributed by atoms with E-state index >= 15 is 0 Å². The van der Waals surface area contributed by atoms with Crippen LogP contribution in [0, 0.1) is 0 Å². The summed E-state index contributed by atoms with van der Waals surface area (Å²) in [5.74, 6) is 1.59. The first-order valence-corrected chi connectivity index (χ1v) is 6.93. The van der Waals surface area contributed by atoms with Crippen molar-refractivity contribution in [2.75, 3.05) is 7.11 Å². The van der Waals surface area contributed by atoms with Gasteiger partial charge in [-0.3, -0.25) is 0 Å². The summed E-state index contributed by atoms with van der Waals surface area (Å²) in [4.78, 5) is 0. The number of ether oxygens (including phenoxy) is 2. The van der Waals surface area contributed by atoms with Crippen LogP contribution in [0.3, 0.4) is 0 Å². The van der Waals surface area contributed by atoms with Crippen LogP contribution in [0.5, 0.6) is 17.2 Å². The molecule has 3 N–H and O–H groups in total. The summed E-state index contributed by atoms with van der Waals surface area (Å²) in [6, 6.07) is 10.6. The molecule has 112 valence electrons. The smallest absolute Gasteiger partial charge is 0.169 e. The number of aliphatic hydroxyl groups excluding tert-OH is 1. The van der Waals surface area contributed by atoms with Crippen molar-refractivity contribution in [2.24, 2.45) is 5.73 Å². The van der Waals surface area contributed by atoms with E-state index in [1.54, 1.807) is 37.4 Å². The van der Waals surface area contributed by atoms with Crippen LogP contribution in [0.2, 0.25) is 5.02 Å². The van der Waals surface area contributed by atoms with E-state index in [0.29, 0.717) is 22.3 Å². The molecule has 0 fully saturated rings. The molecule has 21 heavy (non-hydrogen) atoms. The Kier molecular flexibility index (Phi) is 5.07. The van der Waals surface area contributed by atoms with E-state index in [9.17, 15) is 0 Å². The largest absolute Gasteiger partial charge is 0.493 e. The first-order valence-electron chi connectivity index (χ1n) is 6.55. The summed E-state index contributed by atoms with van der Waals surface area (Å²) in [5, 5.41) is 9.62. The monoisotopic (exact) mass is 307 g/mol. The van der Waals surface area contributed by atoms with Gasteiger partial charge in [0.25, 0.3) is 0 Å². The van der Waals surface area contributed by atoms with Crippen molar-refractivity contribution in [1.82, 2.24) is 0 Å². The minimum absolute atomic E-state index is 0.0551. The second-order valence-electron chi connectivity index (χ2n) is 4.72. The zero-order valence-corrected chi connectivity index (χ0v) is 12.7. The summed E-state index contributed by atoms with van der Waals surface area (Å²) in [7, 11) is 1.55. The fourth-order valence-electron chi connectivity index (χ4n) is 1.90. The highest BCUT2D eigenvalue weighted by molar-refractivity contribution is 6.32. The molecule has 0 unspecified atom stereocenters. The molecule has 2 aromatic carbocycles. The second-order valence-corrected chi connectivity index (χ2v) is 5.13. The van der Waals surface area contributed by atoms with Gasteiger partial charge in [-0.2, -0.15) is 0 Å².